The number of ether oxygens (including phenoxy) is 2. The molecule has 0 aromatic carbocycles. The van der Waals surface area contributed by atoms with Crippen molar-refractivity contribution >= 4 is 11.9 Å². The highest BCUT2D eigenvalue weighted by Gasteiger charge is 2.20. The first kappa shape index (κ1) is 56.1. The van der Waals surface area contributed by atoms with Gasteiger partial charge in [0.05, 0.1) is 31.2 Å². The molecule has 8 nitrogen and oxygen atoms in total. The van der Waals surface area contributed by atoms with E-state index in [0.717, 1.165) is 142 Å². The van der Waals surface area contributed by atoms with Crippen LogP contribution in [0.3, 0.4) is 0 Å². The van der Waals surface area contributed by atoms with Gasteiger partial charge >= 0.3 is 11.9 Å². The highest BCUT2D eigenvalue weighted by Crippen LogP contribution is 2.22. The van der Waals surface area contributed by atoms with Gasteiger partial charge in [0.25, 0.3) is 0 Å². The van der Waals surface area contributed by atoms with Crippen LogP contribution in [0, 0.1) is 11.8 Å². The van der Waals surface area contributed by atoms with Gasteiger partial charge in [0.15, 0.2) is 0 Å². The zero-order valence-electron chi connectivity index (χ0n) is 40.2. The fourth-order valence-electron chi connectivity index (χ4n) is 8.42. The maximum Gasteiger partial charge on any atom is 0.308 e. The third-order valence-corrected chi connectivity index (χ3v) is 12.4. The standard InChI is InChI=1S/C52H99N3O5/c1-5-9-13-17-19-27-37-49(35-25-15-11-7-3)51(57)59-43-33-23-21-29-39-54(46-48-45-53-55(47-48)41-31-32-42-56)40-30-22-24-34-44-60-52(58)50(36-26-16-12-8-4)38-28-20-18-14-10-6-2/h45,47,49-50,56H,5-44,46H2,1-4H3. The number of unbranched alkanes of at least 4 members (excludes halogenated alkanes) is 23. The summed E-state index contributed by atoms with van der Waals surface area (Å²) in [4.78, 5) is 28.8. The van der Waals surface area contributed by atoms with Crippen molar-refractivity contribution in [1.29, 1.82) is 0 Å². The lowest BCUT2D eigenvalue weighted by molar-refractivity contribution is -0.150. The second-order valence-corrected chi connectivity index (χ2v) is 18.2. The Hall–Kier alpha value is -1.93. The van der Waals surface area contributed by atoms with Crippen LogP contribution in [0.25, 0.3) is 0 Å². The van der Waals surface area contributed by atoms with Gasteiger partial charge in [-0.3, -0.25) is 19.2 Å². The summed E-state index contributed by atoms with van der Waals surface area (Å²) in [6.07, 6.45) is 43.2. The van der Waals surface area contributed by atoms with Crippen LogP contribution >= 0.6 is 0 Å². The van der Waals surface area contributed by atoms with E-state index >= 15 is 0 Å². The van der Waals surface area contributed by atoms with Crippen LogP contribution in [-0.4, -0.2) is 64.6 Å². The summed E-state index contributed by atoms with van der Waals surface area (Å²) in [5.74, 6) is 0.249. The lowest BCUT2D eigenvalue weighted by Crippen LogP contribution is -2.25. The molecule has 352 valence electrons. The van der Waals surface area contributed by atoms with Gasteiger partial charge in [0.2, 0.25) is 0 Å². The Morgan fingerprint density at radius 1 is 0.533 bits per heavy atom. The molecule has 1 N–H and O–H groups in total. The van der Waals surface area contributed by atoms with Crippen molar-refractivity contribution in [3.8, 4) is 0 Å². The maximum absolute atomic E-state index is 13.1. The van der Waals surface area contributed by atoms with Crippen LogP contribution in [0.2, 0.25) is 0 Å². The van der Waals surface area contributed by atoms with E-state index in [2.05, 4.69) is 43.9 Å². The minimum Gasteiger partial charge on any atom is -0.465 e. The Bertz CT molecular complexity index is 1020. The van der Waals surface area contributed by atoms with Crippen molar-refractivity contribution < 1.29 is 24.2 Å². The van der Waals surface area contributed by atoms with Crippen molar-refractivity contribution in [2.45, 2.75) is 259 Å². The van der Waals surface area contributed by atoms with E-state index in [1.54, 1.807) is 0 Å². The molecule has 0 aliphatic carbocycles. The lowest BCUT2D eigenvalue weighted by Gasteiger charge is -2.22. The highest BCUT2D eigenvalue weighted by atomic mass is 16.5. The zero-order chi connectivity index (χ0) is 43.6. The van der Waals surface area contributed by atoms with E-state index in [4.69, 9.17) is 9.47 Å². The summed E-state index contributed by atoms with van der Waals surface area (Å²) in [6.45, 7) is 14.1. The van der Waals surface area contributed by atoms with Gasteiger partial charge in [-0.25, -0.2) is 0 Å². The monoisotopic (exact) mass is 846 g/mol. The third-order valence-electron chi connectivity index (χ3n) is 12.4. The first-order valence-corrected chi connectivity index (χ1v) is 26.2. The lowest BCUT2D eigenvalue weighted by atomic mass is 9.94. The van der Waals surface area contributed by atoms with Crippen molar-refractivity contribution in [3.63, 3.8) is 0 Å². The van der Waals surface area contributed by atoms with Gasteiger partial charge in [-0.1, -0.05) is 182 Å². The topological polar surface area (TPSA) is 93.9 Å². The predicted molar refractivity (Wildman–Crippen MR) is 253 cm³/mol. The van der Waals surface area contributed by atoms with E-state index in [1.807, 2.05) is 10.9 Å². The molecule has 0 bridgehead atoms. The average Bonchev–Trinajstić information content (AvgIpc) is 3.70. The number of aliphatic hydroxyl groups is 1. The highest BCUT2D eigenvalue weighted by molar-refractivity contribution is 5.72. The molecule has 2 unspecified atom stereocenters. The number of hydrogen-bond acceptors (Lipinski definition) is 7. The van der Waals surface area contributed by atoms with E-state index < -0.39 is 0 Å². The first-order chi connectivity index (χ1) is 29.5. The van der Waals surface area contributed by atoms with Gasteiger partial charge in [-0.2, -0.15) is 5.10 Å². The van der Waals surface area contributed by atoms with Crippen molar-refractivity contribution in [2.24, 2.45) is 11.8 Å². The number of esters is 2. The Kier molecular flexibility index (Phi) is 39.6. The number of hydrogen-bond donors (Lipinski definition) is 1. The molecule has 0 saturated carbocycles. The SMILES string of the molecule is CCCCCCCCC(CCCCCC)C(=O)OCCCCCCN(CCCCCCOC(=O)C(CCCCCC)CCCCCCCC)Cc1cnn(CCCCO)c1. The van der Waals surface area contributed by atoms with Gasteiger partial charge in [0.1, 0.15) is 0 Å². The zero-order valence-corrected chi connectivity index (χ0v) is 40.2. The molecule has 0 aliphatic heterocycles. The number of carbonyl (C=O) groups excluding carboxylic acids is 2. The van der Waals surface area contributed by atoms with E-state index in [1.165, 1.54) is 108 Å². The molecule has 2 atom stereocenters. The van der Waals surface area contributed by atoms with Crippen molar-refractivity contribution in [1.82, 2.24) is 14.7 Å². The smallest absolute Gasteiger partial charge is 0.308 e. The average molecular weight is 846 g/mol. The van der Waals surface area contributed by atoms with Crippen LogP contribution in [0.1, 0.15) is 252 Å². The molecular weight excluding hydrogens is 747 g/mol. The summed E-state index contributed by atoms with van der Waals surface area (Å²) >= 11 is 0. The second kappa shape index (κ2) is 42.4. The number of carbonyl (C=O) groups is 2. The molecule has 0 saturated heterocycles. The predicted octanol–water partition coefficient (Wildman–Crippen LogP) is 14.3. The summed E-state index contributed by atoms with van der Waals surface area (Å²) in [5.41, 5.74) is 1.24. The summed E-state index contributed by atoms with van der Waals surface area (Å²) in [5, 5.41) is 13.8. The minimum atomic E-state index is 0.0480. The van der Waals surface area contributed by atoms with E-state index in [9.17, 15) is 14.7 Å². The maximum atomic E-state index is 13.1. The molecule has 0 radical (unpaired) electrons. The van der Waals surface area contributed by atoms with Crippen LogP contribution < -0.4 is 0 Å². The third kappa shape index (κ3) is 32.7. The quantitative estimate of drug-likeness (QED) is 0.0516. The van der Waals surface area contributed by atoms with E-state index in [0.29, 0.717) is 13.2 Å². The van der Waals surface area contributed by atoms with Gasteiger partial charge in [0, 0.05) is 31.5 Å². The van der Waals surface area contributed by atoms with Crippen LogP contribution in [0.15, 0.2) is 12.4 Å². The Balaban J connectivity index is 2.51. The normalized spacial score (nSPS) is 12.6. The fraction of sp³-hybridized carbons (Fsp3) is 0.904. The number of aliphatic hydroxyl groups excluding tert-OH is 1. The summed E-state index contributed by atoms with van der Waals surface area (Å²) < 4.78 is 13.8. The van der Waals surface area contributed by atoms with Gasteiger partial charge in [-0.15, -0.1) is 0 Å². The second-order valence-electron chi connectivity index (χ2n) is 18.2. The van der Waals surface area contributed by atoms with E-state index in [-0.39, 0.29) is 30.4 Å². The molecular formula is C52H99N3O5. The molecule has 0 fully saturated rings. The van der Waals surface area contributed by atoms with Crippen molar-refractivity contribution in [3.05, 3.63) is 18.0 Å². The molecule has 0 amide bonds. The fourth-order valence-corrected chi connectivity index (χ4v) is 8.42. The van der Waals surface area contributed by atoms with Gasteiger partial charge < -0.3 is 14.6 Å². The summed E-state index contributed by atoms with van der Waals surface area (Å²) in [7, 11) is 0. The molecule has 1 aromatic heterocycles. The number of aromatic nitrogens is 2. The number of aryl methyl sites for hydroxylation is 1. The first-order valence-electron chi connectivity index (χ1n) is 26.2. The number of nitrogens with zero attached hydrogens (tertiary/aromatic N) is 3. The Morgan fingerprint density at radius 2 is 0.917 bits per heavy atom. The molecule has 8 heteroatoms. The van der Waals surface area contributed by atoms with Crippen molar-refractivity contribution in [2.75, 3.05) is 32.9 Å². The number of rotatable bonds is 46. The Labute approximate surface area is 371 Å². The summed E-state index contributed by atoms with van der Waals surface area (Å²) in [6, 6.07) is 0. The largest absolute Gasteiger partial charge is 0.465 e. The van der Waals surface area contributed by atoms with Gasteiger partial charge in [-0.05, 0) is 77.3 Å². The van der Waals surface area contributed by atoms with Crippen LogP contribution in [-0.2, 0) is 32.2 Å². The molecule has 1 heterocycles. The molecule has 1 aromatic rings. The Morgan fingerprint density at radius 3 is 1.35 bits per heavy atom. The molecule has 60 heavy (non-hydrogen) atoms. The molecule has 0 spiro atoms. The van der Waals surface area contributed by atoms with Crippen LogP contribution in [0.4, 0.5) is 0 Å². The minimum absolute atomic E-state index is 0.0480. The van der Waals surface area contributed by atoms with Crippen LogP contribution in [0.5, 0.6) is 0 Å². The molecule has 1 rings (SSSR count). The molecule has 0 aliphatic rings.